The van der Waals surface area contributed by atoms with Crippen molar-refractivity contribution >= 4 is 10.0 Å². The van der Waals surface area contributed by atoms with E-state index >= 15 is 0 Å². The molecule has 0 fully saturated rings. The number of nitriles is 1. The lowest BCUT2D eigenvalue weighted by Gasteiger charge is -2.11. The van der Waals surface area contributed by atoms with Crippen LogP contribution in [0.4, 0.5) is 0 Å². The summed E-state index contributed by atoms with van der Waals surface area (Å²) in [6.07, 6.45) is 0. The third kappa shape index (κ3) is 4.45. The van der Waals surface area contributed by atoms with Crippen LogP contribution in [0.3, 0.4) is 0 Å². The molecule has 0 unspecified atom stereocenters. The minimum absolute atomic E-state index is 0.105. The fourth-order valence-electron chi connectivity index (χ4n) is 1.87. The zero-order valence-electron chi connectivity index (χ0n) is 12.5. The lowest BCUT2D eigenvalue weighted by molar-refractivity contribution is 0.299. The molecule has 0 atom stereocenters. The summed E-state index contributed by atoms with van der Waals surface area (Å²) in [7, 11) is -2.09. The quantitative estimate of drug-likeness (QED) is 0.783. The Labute approximate surface area is 135 Å². The van der Waals surface area contributed by atoms with Crippen LogP contribution in [-0.2, 0) is 10.0 Å². The standard InChI is InChI=1S/C16H16N2O4S/c1-21-15-4-2-3-5-16(15)22-11-10-18-23(19,20)14-8-6-13(12-17)7-9-14/h2-9,18H,10-11H2,1H3. The van der Waals surface area contributed by atoms with Crippen LogP contribution in [0.25, 0.3) is 0 Å². The van der Waals surface area contributed by atoms with E-state index in [0.717, 1.165) is 0 Å². The molecule has 2 rings (SSSR count). The molecule has 7 heteroatoms. The Kier molecular flexibility index (Phi) is 5.57. The van der Waals surface area contributed by atoms with Crippen LogP contribution in [-0.4, -0.2) is 28.7 Å². The maximum atomic E-state index is 12.1. The Morgan fingerprint density at radius 1 is 1.09 bits per heavy atom. The highest BCUT2D eigenvalue weighted by Crippen LogP contribution is 2.25. The number of methoxy groups -OCH3 is 1. The fourth-order valence-corrected chi connectivity index (χ4v) is 2.88. The number of nitrogens with one attached hydrogen (secondary N) is 1. The van der Waals surface area contributed by atoms with E-state index < -0.39 is 10.0 Å². The number of para-hydroxylation sites is 2. The van der Waals surface area contributed by atoms with E-state index in [2.05, 4.69) is 4.72 Å². The summed E-state index contributed by atoms with van der Waals surface area (Å²) in [5.41, 5.74) is 0.406. The molecule has 120 valence electrons. The van der Waals surface area contributed by atoms with Gasteiger partial charge in [0.05, 0.1) is 23.6 Å². The van der Waals surface area contributed by atoms with Gasteiger partial charge in [0.15, 0.2) is 11.5 Å². The van der Waals surface area contributed by atoms with Crippen LogP contribution in [0.5, 0.6) is 11.5 Å². The Morgan fingerprint density at radius 2 is 1.74 bits per heavy atom. The van der Waals surface area contributed by atoms with E-state index in [9.17, 15) is 8.42 Å². The third-order valence-electron chi connectivity index (χ3n) is 3.01. The summed E-state index contributed by atoms with van der Waals surface area (Å²) in [4.78, 5) is 0.105. The van der Waals surface area contributed by atoms with Crippen LogP contribution in [0.15, 0.2) is 53.4 Å². The number of rotatable bonds is 7. The van der Waals surface area contributed by atoms with E-state index in [1.54, 1.807) is 18.2 Å². The first-order valence-electron chi connectivity index (χ1n) is 6.82. The van der Waals surface area contributed by atoms with Crippen molar-refractivity contribution in [2.45, 2.75) is 4.90 Å². The zero-order valence-corrected chi connectivity index (χ0v) is 13.3. The minimum atomic E-state index is -3.63. The van der Waals surface area contributed by atoms with Gasteiger partial charge in [-0.2, -0.15) is 5.26 Å². The average molecular weight is 332 g/mol. The monoisotopic (exact) mass is 332 g/mol. The SMILES string of the molecule is COc1ccccc1OCCNS(=O)(=O)c1ccc(C#N)cc1. The Morgan fingerprint density at radius 3 is 2.35 bits per heavy atom. The summed E-state index contributed by atoms with van der Waals surface area (Å²) in [6.45, 7) is 0.274. The molecule has 23 heavy (non-hydrogen) atoms. The van der Waals surface area contributed by atoms with Gasteiger partial charge < -0.3 is 9.47 Å². The molecular formula is C16H16N2O4S. The van der Waals surface area contributed by atoms with Gasteiger partial charge in [-0.05, 0) is 36.4 Å². The van der Waals surface area contributed by atoms with Crippen LogP contribution in [0, 0.1) is 11.3 Å². The predicted molar refractivity (Wildman–Crippen MR) is 84.8 cm³/mol. The van der Waals surface area contributed by atoms with E-state index in [0.29, 0.717) is 17.1 Å². The summed E-state index contributed by atoms with van der Waals surface area (Å²) in [5, 5.41) is 8.71. The first-order chi connectivity index (χ1) is 11.1. The number of benzene rings is 2. The van der Waals surface area contributed by atoms with Crippen molar-refractivity contribution < 1.29 is 17.9 Å². The zero-order chi connectivity index (χ0) is 16.7. The predicted octanol–water partition coefficient (Wildman–Crippen LogP) is 1.92. The van der Waals surface area contributed by atoms with Crippen molar-refractivity contribution in [1.29, 1.82) is 5.26 Å². The van der Waals surface area contributed by atoms with Crippen LogP contribution in [0.2, 0.25) is 0 Å². The van der Waals surface area contributed by atoms with Gasteiger partial charge in [-0.1, -0.05) is 12.1 Å². The topological polar surface area (TPSA) is 88.4 Å². The highest BCUT2D eigenvalue weighted by Gasteiger charge is 2.13. The van der Waals surface area contributed by atoms with Crippen molar-refractivity contribution in [2.75, 3.05) is 20.3 Å². The van der Waals surface area contributed by atoms with Gasteiger partial charge in [0.25, 0.3) is 0 Å². The Hall–Kier alpha value is -2.56. The van der Waals surface area contributed by atoms with Gasteiger partial charge in [-0.15, -0.1) is 0 Å². The molecule has 0 spiro atoms. The van der Waals surface area contributed by atoms with Gasteiger partial charge in [0, 0.05) is 6.54 Å². The summed E-state index contributed by atoms with van der Waals surface area (Å²) < 4.78 is 37.3. The van der Waals surface area contributed by atoms with E-state index in [1.807, 2.05) is 12.1 Å². The molecule has 2 aromatic rings. The molecule has 0 saturated carbocycles. The first-order valence-corrected chi connectivity index (χ1v) is 8.31. The van der Waals surface area contributed by atoms with Gasteiger partial charge >= 0.3 is 0 Å². The maximum absolute atomic E-state index is 12.1. The number of hydrogen-bond donors (Lipinski definition) is 1. The molecule has 2 aromatic carbocycles. The molecule has 0 saturated heterocycles. The molecular weight excluding hydrogens is 316 g/mol. The fraction of sp³-hybridized carbons (Fsp3) is 0.188. The molecule has 0 bridgehead atoms. The Bertz CT molecular complexity index is 796. The number of nitrogens with zero attached hydrogens (tertiary/aromatic N) is 1. The van der Waals surface area contributed by atoms with Crippen molar-refractivity contribution in [1.82, 2.24) is 4.72 Å². The van der Waals surface area contributed by atoms with Crippen LogP contribution >= 0.6 is 0 Å². The number of hydrogen-bond acceptors (Lipinski definition) is 5. The van der Waals surface area contributed by atoms with Gasteiger partial charge in [-0.3, -0.25) is 0 Å². The highest BCUT2D eigenvalue weighted by molar-refractivity contribution is 7.89. The summed E-state index contributed by atoms with van der Waals surface area (Å²) in [6, 6.07) is 14.8. The van der Waals surface area contributed by atoms with Crippen molar-refractivity contribution in [2.24, 2.45) is 0 Å². The molecule has 0 heterocycles. The number of sulfonamides is 1. The lowest BCUT2D eigenvalue weighted by atomic mass is 10.2. The Balaban J connectivity index is 1.91. The molecule has 1 N–H and O–H groups in total. The van der Waals surface area contributed by atoms with Gasteiger partial charge in [0.2, 0.25) is 10.0 Å². The molecule has 6 nitrogen and oxygen atoms in total. The highest BCUT2D eigenvalue weighted by atomic mass is 32.2. The summed E-state index contributed by atoms with van der Waals surface area (Å²) in [5.74, 6) is 1.13. The van der Waals surface area contributed by atoms with E-state index in [-0.39, 0.29) is 18.0 Å². The summed E-state index contributed by atoms with van der Waals surface area (Å²) >= 11 is 0. The van der Waals surface area contributed by atoms with Crippen molar-refractivity contribution in [3.05, 3.63) is 54.1 Å². The molecule has 0 radical (unpaired) electrons. The second kappa shape index (κ2) is 7.63. The molecule has 0 aliphatic rings. The second-order valence-electron chi connectivity index (χ2n) is 4.53. The second-order valence-corrected chi connectivity index (χ2v) is 6.30. The molecule has 0 amide bonds. The largest absolute Gasteiger partial charge is 0.493 e. The molecule has 0 aliphatic carbocycles. The number of ether oxygens (including phenoxy) is 2. The first kappa shape index (κ1) is 16.8. The molecule has 0 aliphatic heterocycles. The average Bonchev–Trinajstić information content (AvgIpc) is 2.59. The van der Waals surface area contributed by atoms with E-state index in [1.165, 1.54) is 31.4 Å². The lowest BCUT2D eigenvalue weighted by Crippen LogP contribution is -2.28. The smallest absolute Gasteiger partial charge is 0.240 e. The normalized spacial score (nSPS) is 10.8. The molecule has 0 aromatic heterocycles. The van der Waals surface area contributed by atoms with Crippen molar-refractivity contribution in [3.63, 3.8) is 0 Å². The van der Waals surface area contributed by atoms with E-state index in [4.69, 9.17) is 14.7 Å². The van der Waals surface area contributed by atoms with Crippen LogP contribution in [0.1, 0.15) is 5.56 Å². The van der Waals surface area contributed by atoms with Crippen LogP contribution < -0.4 is 14.2 Å². The maximum Gasteiger partial charge on any atom is 0.240 e. The van der Waals surface area contributed by atoms with Crippen molar-refractivity contribution in [3.8, 4) is 17.6 Å². The minimum Gasteiger partial charge on any atom is -0.493 e. The third-order valence-corrected chi connectivity index (χ3v) is 4.49. The van der Waals surface area contributed by atoms with Gasteiger partial charge in [-0.25, -0.2) is 13.1 Å². The van der Waals surface area contributed by atoms with Gasteiger partial charge in [0.1, 0.15) is 6.61 Å².